The summed E-state index contributed by atoms with van der Waals surface area (Å²) in [7, 11) is 0. The zero-order chi connectivity index (χ0) is 15.2. The largest absolute Gasteiger partial charge is 0.386 e. The van der Waals surface area contributed by atoms with Gasteiger partial charge in [0.05, 0.1) is 11.1 Å². The van der Waals surface area contributed by atoms with Gasteiger partial charge in [-0.05, 0) is 24.3 Å². The maximum absolute atomic E-state index is 11.8. The summed E-state index contributed by atoms with van der Waals surface area (Å²) in [4.78, 5) is 44.5. The van der Waals surface area contributed by atoms with Crippen LogP contribution in [0.1, 0.15) is 41.4 Å². The molecule has 0 aliphatic heterocycles. The first-order valence-electron chi connectivity index (χ1n) is 6.01. The zero-order valence-corrected chi connectivity index (χ0v) is 10.8. The van der Waals surface area contributed by atoms with E-state index in [0.717, 1.165) is 0 Å². The summed E-state index contributed by atoms with van der Waals surface area (Å²) >= 11 is 0. The molecule has 0 saturated carbocycles. The lowest BCUT2D eigenvalue weighted by molar-refractivity contribution is 0.0397. The first-order chi connectivity index (χ1) is 10.1. The Hall–Kier alpha value is -3.08. The molecule has 0 spiro atoms. The van der Waals surface area contributed by atoms with E-state index in [1.165, 1.54) is 48.5 Å². The van der Waals surface area contributed by atoms with Crippen LogP contribution in [-0.2, 0) is 4.74 Å². The van der Waals surface area contributed by atoms with Crippen molar-refractivity contribution in [2.75, 3.05) is 0 Å². The van der Waals surface area contributed by atoms with Gasteiger partial charge in [0.2, 0.25) is 0 Å². The van der Waals surface area contributed by atoms with Crippen LogP contribution < -0.4 is 0 Å². The first-order valence-corrected chi connectivity index (χ1v) is 6.01. The summed E-state index contributed by atoms with van der Waals surface area (Å²) in [6.45, 7) is 0. The standard InChI is InChI=1S/C16H10O5/c17-9-11-1-5-13(6-2-11)15(19)21-16(20)14-7-3-12(10-18)4-8-14/h1-10H. The van der Waals surface area contributed by atoms with E-state index in [1.54, 1.807) is 0 Å². The van der Waals surface area contributed by atoms with Crippen LogP contribution in [-0.4, -0.2) is 24.5 Å². The molecule has 0 radical (unpaired) electrons. The van der Waals surface area contributed by atoms with Gasteiger partial charge in [-0.15, -0.1) is 0 Å². The molecule has 104 valence electrons. The Morgan fingerprint density at radius 1 is 0.667 bits per heavy atom. The van der Waals surface area contributed by atoms with Crippen molar-refractivity contribution in [3.05, 3.63) is 70.8 Å². The van der Waals surface area contributed by atoms with Crippen molar-refractivity contribution in [1.82, 2.24) is 0 Å². The number of benzene rings is 2. The van der Waals surface area contributed by atoms with Crippen molar-refractivity contribution in [3.63, 3.8) is 0 Å². The maximum atomic E-state index is 11.8. The van der Waals surface area contributed by atoms with E-state index in [0.29, 0.717) is 23.7 Å². The van der Waals surface area contributed by atoms with Crippen molar-refractivity contribution in [1.29, 1.82) is 0 Å². The molecule has 5 heteroatoms. The quantitative estimate of drug-likeness (QED) is 0.488. The Labute approximate surface area is 120 Å². The lowest BCUT2D eigenvalue weighted by Crippen LogP contribution is -2.12. The van der Waals surface area contributed by atoms with Crippen LogP contribution in [0.15, 0.2) is 48.5 Å². The number of rotatable bonds is 4. The highest BCUT2D eigenvalue weighted by Gasteiger charge is 2.14. The molecule has 0 atom stereocenters. The normalized spacial score (nSPS) is 9.71. The summed E-state index contributed by atoms with van der Waals surface area (Å²) in [5.41, 5.74) is 1.17. The molecule has 0 bridgehead atoms. The van der Waals surface area contributed by atoms with E-state index in [2.05, 4.69) is 0 Å². The minimum Gasteiger partial charge on any atom is -0.386 e. The summed E-state index contributed by atoms with van der Waals surface area (Å²) in [5, 5.41) is 0. The maximum Gasteiger partial charge on any atom is 0.346 e. The Morgan fingerprint density at radius 2 is 1.00 bits per heavy atom. The average Bonchev–Trinajstić information content (AvgIpc) is 2.55. The Bertz CT molecular complexity index is 622. The fourth-order valence-corrected chi connectivity index (χ4v) is 1.60. The predicted octanol–water partition coefficient (Wildman–Crippen LogP) is 2.31. The van der Waals surface area contributed by atoms with Crippen molar-refractivity contribution < 1.29 is 23.9 Å². The third-order valence-corrected chi connectivity index (χ3v) is 2.75. The Balaban J connectivity index is 2.08. The van der Waals surface area contributed by atoms with Gasteiger partial charge >= 0.3 is 11.9 Å². The third kappa shape index (κ3) is 3.48. The third-order valence-electron chi connectivity index (χ3n) is 2.75. The second kappa shape index (κ2) is 6.38. The van der Waals surface area contributed by atoms with Crippen LogP contribution in [0.25, 0.3) is 0 Å². The lowest BCUT2D eigenvalue weighted by atomic mass is 10.1. The molecule has 5 nitrogen and oxygen atoms in total. The fourth-order valence-electron chi connectivity index (χ4n) is 1.60. The van der Waals surface area contributed by atoms with Crippen LogP contribution in [0.3, 0.4) is 0 Å². The van der Waals surface area contributed by atoms with Crippen molar-refractivity contribution >= 4 is 24.5 Å². The van der Waals surface area contributed by atoms with Crippen molar-refractivity contribution in [2.24, 2.45) is 0 Å². The smallest absolute Gasteiger partial charge is 0.346 e. The number of aldehydes is 2. The van der Waals surface area contributed by atoms with E-state index in [-0.39, 0.29) is 11.1 Å². The molecule has 21 heavy (non-hydrogen) atoms. The molecule has 2 aromatic rings. The highest BCUT2D eigenvalue weighted by molar-refractivity contribution is 6.02. The highest BCUT2D eigenvalue weighted by Crippen LogP contribution is 2.08. The van der Waals surface area contributed by atoms with Gasteiger partial charge in [0.1, 0.15) is 12.6 Å². The summed E-state index contributed by atoms with van der Waals surface area (Å²) in [5.74, 6) is -1.62. The van der Waals surface area contributed by atoms with Gasteiger partial charge < -0.3 is 4.74 Å². The molecule has 2 aromatic carbocycles. The molecule has 0 fully saturated rings. The van der Waals surface area contributed by atoms with Crippen LogP contribution in [0, 0.1) is 0 Å². The lowest BCUT2D eigenvalue weighted by Gasteiger charge is -2.03. The molecular weight excluding hydrogens is 272 g/mol. The SMILES string of the molecule is O=Cc1ccc(C(=O)OC(=O)c2ccc(C=O)cc2)cc1. The average molecular weight is 282 g/mol. The van der Waals surface area contributed by atoms with E-state index in [9.17, 15) is 19.2 Å². The number of esters is 2. The van der Waals surface area contributed by atoms with E-state index in [4.69, 9.17) is 4.74 Å². The van der Waals surface area contributed by atoms with Gasteiger partial charge in [-0.3, -0.25) is 9.59 Å². The van der Waals surface area contributed by atoms with Gasteiger partial charge in [0.15, 0.2) is 0 Å². The minimum atomic E-state index is -0.808. The number of hydrogen-bond acceptors (Lipinski definition) is 5. The summed E-state index contributed by atoms with van der Waals surface area (Å²) in [6, 6.07) is 11.4. The van der Waals surface area contributed by atoms with Gasteiger partial charge in [-0.25, -0.2) is 9.59 Å². The molecule has 0 amide bonds. The second-order valence-corrected chi connectivity index (χ2v) is 4.16. The van der Waals surface area contributed by atoms with Crippen LogP contribution in [0.2, 0.25) is 0 Å². The minimum absolute atomic E-state index is 0.165. The highest BCUT2D eigenvalue weighted by atomic mass is 16.6. The molecule has 0 N–H and O–H groups in total. The van der Waals surface area contributed by atoms with Crippen LogP contribution in [0.4, 0.5) is 0 Å². The van der Waals surface area contributed by atoms with E-state index in [1.807, 2.05) is 0 Å². The molecular formula is C16H10O5. The fraction of sp³-hybridized carbons (Fsp3) is 0. The molecule has 0 heterocycles. The number of carbonyl (C=O) groups is 4. The van der Waals surface area contributed by atoms with Crippen molar-refractivity contribution in [2.45, 2.75) is 0 Å². The monoisotopic (exact) mass is 282 g/mol. The molecule has 0 aromatic heterocycles. The second-order valence-electron chi connectivity index (χ2n) is 4.16. The first kappa shape index (κ1) is 14.3. The molecule has 0 aliphatic carbocycles. The van der Waals surface area contributed by atoms with Crippen molar-refractivity contribution in [3.8, 4) is 0 Å². The van der Waals surface area contributed by atoms with Crippen LogP contribution in [0.5, 0.6) is 0 Å². The Morgan fingerprint density at radius 3 is 1.29 bits per heavy atom. The Kier molecular flexibility index (Phi) is 4.36. The van der Waals surface area contributed by atoms with E-state index >= 15 is 0 Å². The van der Waals surface area contributed by atoms with Gasteiger partial charge in [0.25, 0.3) is 0 Å². The summed E-state index contributed by atoms with van der Waals surface area (Å²) < 4.78 is 4.71. The van der Waals surface area contributed by atoms with Gasteiger partial charge in [-0.2, -0.15) is 0 Å². The predicted molar refractivity (Wildman–Crippen MR) is 73.4 cm³/mol. The van der Waals surface area contributed by atoms with Gasteiger partial charge in [-0.1, -0.05) is 24.3 Å². The van der Waals surface area contributed by atoms with Gasteiger partial charge in [0, 0.05) is 11.1 Å². The topological polar surface area (TPSA) is 77.5 Å². The summed E-state index contributed by atoms with van der Waals surface area (Å²) in [6.07, 6.45) is 1.30. The molecule has 2 rings (SSSR count). The number of hydrogen-bond donors (Lipinski definition) is 0. The number of ether oxygens (including phenoxy) is 1. The molecule has 0 saturated heterocycles. The van der Waals surface area contributed by atoms with E-state index < -0.39 is 11.9 Å². The molecule has 0 unspecified atom stereocenters. The number of carbonyl (C=O) groups excluding carboxylic acids is 4. The van der Waals surface area contributed by atoms with Crippen LogP contribution >= 0.6 is 0 Å². The molecule has 0 aliphatic rings. The zero-order valence-electron chi connectivity index (χ0n) is 10.8.